The van der Waals surface area contributed by atoms with Gasteiger partial charge in [0.05, 0.1) is 0 Å². The zero-order valence-electron chi connectivity index (χ0n) is 10.3. The van der Waals surface area contributed by atoms with Crippen molar-refractivity contribution in [3.8, 4) is 0 Å². The normalized spacial score (nSPS) is 10.5. The zero-order valence-corrected chi connectivity index (χ0v) is 13.1. The maximum atomic E-state index is 10.1. The van der Waals surface area contributed by atoms with Crippen LogP contribution in [0, 0.1) is 0 Å². The maximum absolute atomic E-state index is 10.1. The summed E-state index contributed by atoms with van der Waals surface area (Å²) in [5.41, 5.74) is 0. The number of aldehydes is 1. The van der Waals surface area contributed by atoms with Crippen LogP contribution >= 0.6 is 0 Å². The van der Waals surface area contributed by atoms with Crippen molar-refractivity contribution in [2.24, 2.45) is 0 Å². The molecule has 0 amide bonds. The van der Waals surface area contributed by atoms with E-state index in [1.807, 2.05) is 0 Å². The Morgan fingerprint density at radius 3 is 2.13 bits per heavy atom. The summed E-state index contributed by atoms with van der Waals surface area (Å²) >= 11 is -0.0274. The molecule has 0 aliphatic carbocycles. The first kappa shape index (κ1) is 15.5. The quantitative estimate of drug-likeness (QED) is 0.299. The van der Waals surface area contributed by atoms with E-state index in [2.05, 4.69) is 6.92 Å². The third-order valence-electron chi connectivity index (χ3n) is 2.63. The van der Waals surface area contributed by atoms with Crippen LogP contribution in [0.2, 0.25) is 8.87 Å². The molecule has 0 heterocycles. The molecule has 0 N–H and O–H groups in total. The molecule has 0 aromatic heterocycles. The molecule has 2 heteroatoms. The topological polar surface area (TPSA) is 17.1 Å². The summed E-state index contributed by atoms with van der Waals surface area (Å²) in [5.74, 6) is 0. The molecule has 0 spiro atoms. The summed E-state index contributed by atoms with van der Waals surface area (Å²) in [6, 6.07) is 0. The van der Waals surface area contributed by atoms with Gasteiger partial charge < -0.3 is 0 Å². The molecule has 0 saturated carbocycles. The van der Waals surface area contributed by atoms with Crippen LogP contribution in [-0.2, 0) is 4.79 Å². The molecule has 0 bridgehead atoms. The van der Waals surface area contributed by atoms with Crippen LogP contribution in [0.5, 0.6) is 0 Å². The molecule has 2 radical (unpaired) electrons. The van der Waals surface area contributed by atoms with Crippen molar-refractivity contribution in [2.45, 2.75) is 73.6 Å². The number of hydrogen-bond acceptors (Lipinski definition) is 1. The molecule has 88 valence electrons. The fourth-order valence-electron chi connectivity index (χ4n) is 1.63. The average Bonchev–Trinajstić information content (AvgIpc) is 2.26. The van der Waals surface area contributed by atoms with E-state index in [0.717, 1.165) is 19.1 Å². The zero-order chi connectivity index (χ0) is 11.2. The molecule has 0 saturated heterocycles. The summed E-state index contributed by atoms with van der Waals surface area (Å²) in [7, 11) is 0. The molecule has 0 atom stereocenters. The van der Waals surface area contributed by atoms with Gasteiger partial charge in [-0.1, -0.05) is 0 Å². The molecule has 0 rings (SSSR count). The Bertz CT molecular complexity index is 126. The Morgan fingerprint density at radius 2 is 1.47 bits per heavy atom. The average molecular weight is 317 g/mol. The summed E-state index contributed by atoms with van der Waals surface area (Å²) in [6.45, 7) is 2.27. The summed E-state index contributed by atoms with van der Waals surface area (Å²) in [4.78, 5) is 10.1. The summed E-state index contributed by atoms with van der Waals surface area (Å²) in [6.07, 6.45) is 12.9. The first-order chi connectivity index (χ1) is 7.41. The first-order valence-corrected chi connectivity index (χ1v) is 10.6. The SMILES string of the molecule is CCCCCCC[CH2][Sn][CH2]CCCC=O. The minimum absolute atomic E-state index is 0.0274. The van der Waals surface area contributed by atoms with Crippen molar-refractivity contribution in [3.05, 3.63) is 0 Å². The van der Waals surface area contributed by atoms with E-state index in [0.29, 0.717) is 0 Å². The van der Waals surface area contributed by atoms with E-state index in [-0.39, 0.29) is 21.1 Å². The summed E-state index contributed by atoms with van der Waals surface area (Å²) in [5, 5.41) is 0. The van der Waals surface area contributed by atoms with E-state index in [4.69, 9.17) is 0 Å². The van der Waals surface area contributed by atoms with Gasteiger partial charge in [-0.25, -0.2) is 0 Å². The second kappa shape index (κ2) is 14.5. The molecule has 0 aromatic carbocycles. The fourth-order valence-corrected chi connectivity index (χ4v) is 5.20. The van der Waals surface area contributed by atoms with Crippen LogP contribution in [0.3, 0.4) is 0 Å². The Labute approximate surface area is 106 Å². The van der Waals surface area contributed by atoms with Gasteiger partial charge in [0.1, 0.15) is 0 Å². The van der Waals surface area contributed by atoms with Gasteiger partial charge in [-0.2, -0.15) is 0 Å². The van der Waals surface area contributed by atoms with Crippen LogP contribution in [0.25, 0.3) is 0 Å². The molecule has 0 fully saturated rings. The molecule has 0 aliphatic rings. The van der Waals surface area contributed by atoms with Gasteiger partial charge in [0, 0.05) is 0 Å². The summed E-state index contributed by atoms with van der Waals surface area (Å²) < 4.78 is 3.06. The number of carbonyl (C=O) groups is 1. The Morgan fingerprint density at radius 1 is 0.867 bits per heavy atom. The van der Waals surface area contributed by atoms with Crippen LogP contribution in [-0.4, -0.2) is 27.4 Å². The van der Waals surface area contributed by atoms with Gasteiger partial charge in [0.2, 0.25) is 0 Å². The predicted molar refractivity (Wildman–Crippen MR) is 68.7 cm³/mol. The number of rotatable bonds is 12. The Balaban J connectivity index is 2.83. The molecular weight excluding hydrogens is 291 g/mol. The van der Waals surface area contributed by atoms with E-state index in [9.17, 15) is 4.79 Å². The van der Waals surface area contributed by atoms with Crippen LogP contribution in [0.15, 0.2) is 0 Å². The molecule has 1 nitrogen and oxygen atoms in total. The van der Waals surface area contributed by atoms with Crippen molar-refractivity contribution in [2.75, 3.05) is 0 Å². The number of unbranched alkanes of at least 4 members (excludes halogenated alkanes) is 7. The van der Waals surface area contributed by atoms with Crippen LogP contribution in [0.1, 0.15) is 64.7 Å². The van der Waals surface area contributed by atoms with Gasteiger partial charge in [-0.3, -0.25) is 0 Å². The van der Waals surface area contributed by atoms with Crippen molar-refractivity contribution in [3.63, 3.8) is 0 Å². The predicted octanol–water partition coefficient (Wildman–Crippen LogP) is 4.26. The van der Waals surface area contributed by atoms with E-state index >= 15 is 0 Å². The molecule has 0 aliphatic heterocycles. The van der Waals surface area contributed by atoms with Crippen molar-refractivity contribution in [1.29, 1.82) is 0 Å². The molecule has 0 unspecified atom stereocenters. The van der Waals surface area contributed by atoms with Crippen molar-refractivity contribution in [1.82, 2.24) is 0 Å². The molecular formula is C13H26OSn. The van der Waals surface area contributed by atoms with E-state index in [1.165, 1.54) is 49.4 Å². The van der Waals surface area contributed by atoms with Gasteiger partial charge in [0.15, 0.2) is 0 Å². The number of carbonyl (C=O) groups excluding carboxylic acids is 1. The molecule has 15 heavy (non-hydrogen) atoms. The van der Waals surface area contributed by atoms with Crippen molar-refractivity contribution >= 4 is 27.4 Å². The van der Waals surface area contributed by atoms with Crippen LogP contribution < -0.4 is 0 Å². The van der Waals surface area contributed by atoms with E-state index < -0.39 is 0 Å². The standard InChI is InChI=1S/C8H17.C5H9O.Sn/c1-3-5-7-8-6-4-2;1-2-3-4-5-6;/h1,3-8H2,2H3;5H,1-4H2;. The third-order valence-corrected chi connectivity index (χ3v) is 6.67. The second-order valence-corrected chi connectivity index (χ2v) is 8.46. The van der Waals surface area contributed by atoms with Gasteiger partial charge in [-0.05, 0) is 0 Å². The fraction of sp³-hybridized carbons (Fsp3) is 0.923. The van der Waals surface area contributed by atoms with E-state index in [1.54, 1.807) is 4.44 Å². The van der Waals surface area contributed by atoms with Gasteiger partial charge >= 0.3 is 106 Å². The Hall–Kier alpha value is 0.469. The number of hydrogen-bond donors (Lipinski definition) is 0. The van der Waals surface area contributed by atoms with Gasteiger partial charge in [0.25, 0.3) is 0 Å². The third kappa shape index (κ3) is 14.5. The monoisotopic (exact) mass is 318 g/mol. The minimum atomic E-state index is -0.0274. The van der Waals surface area contributed by atoms with Gasteiger partial charge in [-0.15, -0.1) is 0 Å². The Kier molecular flexibility index (Phi) is 14.9. The first-order valence-electron chi connectivity index (χ1n) is 6.56. The van der Waals surface area contributed by atoms with Crippen LogP contribution in [0.4, 0.5) is 0 Å². The second-order valence-electron chi connectivity index (χ2n) is 4.18. The molecule has 0 aromatic rings. The van der Waals surface area contributed by atoms with Crippen molar-refractivity contribution < 1.29 is 4.79 Å².